The van der Waals surface area contributed by atoms with Crippen molar-refractivity contribution in [2.75, 3.05) is 13.7 Å². The summed E-state index contributed by atoms with van der Waals surface area (Å²) in [6, 6.07) is 11.2. The summed E-state index contributed by atoms with van der Waals surface area (Å²) in [6.45, 7) is 6.51. The summed E-state index contributed by atoms with van der Waals surface area (Å²) in [7, 11) is 1.34. The van der Waals surface area contributed by atoms with Crippen molar-refractivity contribution in [3.8, 4) is 16.9 Å². The van der Waals surface area contributed by atoms with E-state index in [1.165, 1.54) is 7.11 Å². The van der Waals surface area contributed by atoms with Crippen LogP contribution >= 0.6 is 23.2 Å². The number of halogens is 2. The first-order valence-corrected chi connectivity index (χ1v) is 9.77. The quantitative estimate of drug-likeness (QED) is 0.443. The van der Waals surface area contributed by atoms with Crippen LogP contribution in [0.1, 0.15) is 42.7 Å². The van der Waals surface area contributed by atoms with Crippen molar-refractivity contribution < 1.29 is 14.3 Å². The van der Waals surface area contributed by atoms with Crippen LogP contribution < -0.4 is 4.74 Å². The van der Waals surface area contributed by atoms with Crippen molar-refractivity contribution in [2.45, 2.75) is 26.7 Å². The van der Waals surface area contributed by atoms with Crippen LogP contribution in [0.3, 0.4) is 0 Å². The summed E-state index contributed by atoms with van der Waals surface area (Å²) >= 11 is 12.7. The van der Waals surface area contributed by atoms with Gasteiger partial charge >= 0.3 is 5.97 Å². The van der Waals surface area contributed by atoms with E-state index in [-0.39, 0.29) is 11.6 Å². The molecule has 0 aliphatic heterocycles. The normalized spacial score (nSPS) is 11.1. The highest BCUT2D eigenvalue weighted by Gasteiger charge is 2.25. The van der Waals surface area contributed by atoms with E-state index in [0.717, 1.165) is 27.8 Å². The maximum absolute atomic E-state index is 12.5. The van der Waals surface area contributed by atoms with E-state index in [9.17, 15) is 4.79 Å². The van der Waals surface area contributed by atoms with Crippen molar-refractivity contribution in [3.05, 3.63) is 57.7 Å². The number of hydrogen-bond donors (Lipinski definition) is 0. The molecule has 2 aromatic carbocycles. The van der Waals surface area contributed by atoms with Crippen LogP contribution in [0, 0.1) is 0 Å². The molecule has 0 saturated carbocycles. The lowest BCUT2D eigenvalue weighted by atomic mass is 9.88. The number of carbonyl (C=O) groups excluding carboxylic acids is 1. The van der Waals surface area contributed by atoms with Gasteiger partial charge in [-0.3, -0.25) is 0 Å². The molecule has 0 saturated heterocycles. The topological polar surface area (TPSA) is 48.4 Å². The third-order valence-electron chi connectivity index (χ3n) is 4.44. The summed E-state index contributed by atoms with van der Waals surface area (Å²) in [4.78, 5) is 17.1. The van der Waals surface area contributed by atoms with Crippen LogP contribution in [0.15, 0.2) is 36.4 Å². The zero-order valence-electron chi connectivity index (χ0n) is 16.2. The highest BCUT2D eigenvalue weighted by molar-refractivity contribution is 6.38. The fraction of sp³-hybridized carbons (Fsp3) is 0.273. The van der Waals surface area contributed by atoms with Gasteiger partial charge in [0.05, 0.1) is 24.3 Å². The lowest BCUT2D eigenvalue weighted by molar-refractivity contribution is 0.0592. The number of methoxy groups -OCH3 is 1. The predicted molar refractivity (Wildman–Crippen MR) is 114 cm³/mol. The largest absolute Gasteiger partial charge is 0.494 e. The highest BCUT2D eigenvalue weighted by atomic mass is 35.5. The van der Waals surface area contributed by atoms with Gasteiger partial charge in [-0.15, -0.1) is 0 Å². The van der Waals surface area contributed by atoms with Gasteiger partial charge in [-0.25, -0.2) is 9.78 Å². The first-order chi connectivity index (χ1) is 13.4. The molecule has 0 aliphatic carbocycles. The molecule has 3 rings (SSSR count). The van der Waals surface area contributed by atoms with Crippen molar-refractivity contribution in [1.82, 2.24) is 4.98 Å². The fourth-order valence-electron chi connectivity index (χ4n) is 3.34. The van der Waals surface area contributed by atoms with Crippen molar-refractivity contribution in [1.29, 1.82) is 0 Å². The second-order valence-electron chi connectivity index (χ2n) is 6.64. The maximum atomic E-state index is 12.5. The smallest absolute Gasteiger partial charge is 0.356 e. The minimum absolute atomic E-state index is 0.00880. The molecule has 1 heterocycles. The molecular weight excluding hydrogens is 397 g/mol. The Morgan fingerprint density at radius 1 is 1.18 bits per heavy atom. The zero-order valence-corrected chi connectivity index (χ0v) is 17.7. The number of benzene rings is 2. The Bertz CT molecular complexity index is 1050. The van der Waals surface area contributed by atoms with E-state index in [4.69, 9.17) is 32.7 Å². The summed E-state index contributed by atoms with van der Waals surface area (Å²) in [5.74, 6) is 0.251. The first kappa shape index (κ1) is 20.4. The molecule has 6 heteroatoms. The van der Waals surface area contributed by atoms with E-state index >= 15 is 0 Å². The number of aromatic nitrogens is 1. The monoisotopic (exact) mass is 417 g/mol. The number of ether oxygens (including phenoxy) is 2. The Morgan fingerprint density at radius 3 is 2.57 bits per heavy atom. The third-order valence-corrected chi connectivity index (χ3v) is 4.94. The van der Waals surface area contributed by atoms with Gasteiger partial charge in [0.2, 0.25) is 0 Å². The van der Waals surface area contributed by atoms with E-state index in [1.54, 1.807) is 6.07 Å². The second-order valence-corrected chi connectivity index (χ2v) is 7.48. The molecule has 0 unspecified atom stereocenters. The maximum Gasteiger partial charge on any atom is 0.356 e. The van der Waals surface area contributed by atoms with Gasteiger partial charge in [-0.1, -0.05) is 49.2 Å². The molecule has 0 N–H and O–H groups in total. The average molecular weight is 418 g/mol. The molecule has 0 radical (unpaired) electrons. The van der Waals surface area contributed by atoms with Crippen LogP contribution in [0.2, 0.25) is 10.0 Å². The zero-order chi connectivity index (χ0) is 20.4. The van der Waals surface area contributed by atoms with Gasteiger partial charge in [0, 0.05) is 10.4 Å². The highest BCUT2D eigenvalue weighted by Crippen LogP contribution is 2.41. The molecule has 0 bridgehead atoms. The molecule has 0 atom stereocenters. The van der Waals surface area contributed by atoms with Gasteiger partial charge in [-0.05, 0) is 53.8 Å². The fourth-order valence-corrected chi connectivity index (χ4v) is 3.87. The molecule has 3 aromatic rings. The van der Waals surface area contributed by atoms with Gasteiger partial charge in [-0.2, -0.15) is 0 Å². The van der Waals surface area contributed by atoms with Crippen LogP contribution in [0.5, 0.6) is 5.75 Å². The Morgan fingerprint density at radius 2 is 1.93 bits per heavy atom. The summed E-state index contributed by atoms with van der Waals surface area (Å²) < 4.78 is 10.7. The number of carbonyl (C=O) groups is 1. The lowest BCUT2D eigenvalue weighted by Gasteiger charge is -2.20. The molecule has 0 aliphatic rings. The van der Waals surface area contributed by atoms with Crippen LogP contribution in [-0.4, -0.2) is 24.7 Å². The van der Waals surface area contributed by atoms with Crippen LogP contribution in [0.25, 0.3) is 22.0 Å². The number of esters is 1. The molecule has 0 amide bonds. The first-order valence-electron chi connectivity index (χ1n) is 9.01. The molecule has 1 aromatic heterocycles. The van der Waals surface area contributed by atoms with E-state index in [2.05, 4.69) is 4.98 Å². The lowest BCUT2D eigenvalue weighted by Crippen LogP contribution is -2.12. The molecule has 0 spiro atoms. The number of hydrogen-bond acceptors (Lipinski definition) is 4. The number of pyridine rings is 1. The molecule has 4 nitrogen and oxygen atoms in total. The SMILES string of the molecule is CCOc1cccc(-c2c(C(C)C)c(C(=O)OC)nc3c(Cl)cc(Cl)cc23)c1. The summed E-state index contributed by atoms with van der Waals surface area (Å²) in [5, 5.41) is 1.66. The minimum atomic E-state index is -0.501. The Kier molecular flexibility index (Phi) is 6.11. The molecule has 0 fully saturated rings. The summed E-state index contributed by atoms with van der Waals surface area (Å²) in [6.07, 6.45) is 0. The van der Waals surface area contributed by atoms with Gasteiger partial charge in [0.15, 0.2) is 5.69 Å². The van der Waals surface area contributed by atoms with Crippen molar-refractivity contribution in [3.63, 3.8) is 0 Å². The number of fused-ring (bicyclic) bond motifs is 1. The van der Waals surface area contributed by atoms with Gasteiger partial charge in [0.1, 0.15) is 5.75 Å². The van der Waals surface area contributed by atoms with E-state index < -0.39 is 5.97 Å². The third kappa shape index (κ3) is 3.80. The van der Waals surface area contributed by atoms with Gasteiger partial charge in [0.25, 0.3) is 0 Å². The van der Waals surface area contributed by atoms with E-state index in [0.29, 0.717) is 22.2 Å². The van der Waals surface area contributed by atoms with Crippen molar-refractivity contribution >= 4 is 40.1 Å². The van der Waals surface area contributed by atoms with Gasteiger partial charge < -0.3 is 9.47 Å². The Labute approximate surface area is 174 Å². The average Bonchev–Trinajstić information content (AvgIpc) is 2.66. The van der Waals surface area contributed by atoms with Crippen LogP contribution in [-0.2, 0) is 4.74 Å². The predicted octanol–water partition coefficient (Wildman–Crippen LogP) is 6.52. The number of nitrogens with zero attached hydrogens (tertiary/aromatic N) is 1. The Hall–Kier alpha value is -2.30. The Balaban J connectivity index is 2.48. The molecule has 28 heavy (non-hydrogen) atoms. The minimum Gasteiger partial charge on any atom is -0.494 e. The standard InChI is InChI=1S/C22H21Cl2NO3/c1-5-28-15-8-6-7-13(9-15)19-16-10-14(23)11-17(24)20(16)25-21(22(26)27-4)18(19)12(2)3/h6-12H,5H2,1-4H3. The molecule has 146 valence electrons. The number of rotatable bonds is 5. The van der Waals surface area contributed by atoms with E-state index in [1.807, 2.05) is 51.1 Å². The van der Waals surface area contributed by atoms with Crippen molar-refractivity contribution in [2.24, 2.45) is 0 Å². The molecular formula is C22H21Cl2NO3. The second kappa shape index (κ2) is 8.38. The summed E-state index contributed by atoms with van der Waals surface area (Å²) in [5.41, 5.74) is 3.29. The van der Waals surface area contributed by atoms with Crippen LogP contribution in [0.4, 0.5) is 0 Å².